The largest absolute Gasteiger partial charge is 0.379 e. The van der Waals surface area contributed by atoms with Crippen LogP contribution in [0.3, 0.4) is 0 Å². The van der Waals surface area contributed by atoms with Gasteiger partial charge in [0.1, 0.15) is 17.5 Å². The van der Waals surface area contributed by atoms with E-state index in [1.807, 2.05) is 18.2 Å². The first kappa shape index (κ1) is 33.6. The molecule has 6 rings (SSSR count). The molecular weight excluding hydrogens is 739 g/mol. The Kier molecular flexibility index (Phi) is 12.9. The van der Waals surface area contributed by atoms with Gasteiger partial charge in [0.05, 0.1) is 60.7 Å². The third kappa shape index (κ3) is 11.6. The number of aromatic amines is 3. The molecule has 0 saturated carbocycles. The maximum Gasteiger partial charge on any atom is 0.141 e. The van der Waals surface area contributed by atoms with Crippen molar-refractivity contribution in [3.05, 3.63) is 141 Å². The molecule has 9 nitrogen and oxygen atoms in total. The van der Waals surface area contributed by atoms with E-state index in [2.05, 4.69) is 77.7 Å². The smallest absolute Gasteiger partial charge is 0.141 e. The van der Waals surface area contributed by atoms with Crippen molar-refractivity contribution in [2.75, 3.05) is 16.0 Å². The minimum absolute atomic E-state index is 0.115. The van der Waals surface area contributed by atoms with Crippen LogP contribution < -0.4 is 16.0 Å². The molecule has 0 unspecified atom stereocenters. The number of nitrogens with zero attached hydrogens (tertiary/aromatic N) is 3. The Morgan fingerprint density at radius 1 is 0.578 bits per heavy atom. The Bertz CT molecular complexity index is 1630. The molecule has 3 aromatic carbocycles. The van der Waals surface area contributed by atoms with Gasteiger partial charge in [-0.15, -0.1) is 0 Å². The number of benzene rings is 3. The molecule has 0 spiro atoms. The zero-order chi connectivity index (χ0) is 32.0. The van der Waals surface area contributed by atoms with Gasteiger partial charge >= 0.3 is 0 Å². The third-order valence-electron chi connectivity index (χ3n) is 5.82. The summed E-state index contributed by atoms with van der Waals surface area (Å²) in [6, 6.07) is 13.9. The number of hydrogen-bond donors (Lipinski definition) is 6. The van der Waals surface area contributed by atoms with E-state index < -0.39 is 17.5 Å². The standard InChI is InChI=1S/C10H9Br2N3.C10H9ClFN3.C10H9F2N3/c11-9-2-1-7(3-10(9)12)14-5-8-4-13-6-15-8;11-9-3-7(1-2-10(9)12)14-5-8-4-13-6-15-8;11-7-1-8(12)3-9(2-7)14-5-10-4-13-6-15-10/h3*1-4,6,14H,5H2,(H,13,15). The van der Waals surface area contributed by atoms with Crippen molar-refractivity contribution < 1.29 is 13.2 Å². The van der Waals surface area contributed by atoms with E-state index in [9.17, 15) is 13.2 Å². The molecule has 6 aromatic rings. The number of aromatic nitrogens is 6. The second-order valence-corrected chi connectivity index (χ2v) is 11.3. The average molecular weight is 766 g/mol. The highest BCUT2D eigenvalue weighted by Gasteiger charge is 2.02. The van der Waals surface area contributed by atoms with Gasteiger partial charge in [-0.25, -0.2) is 28.1 Å². The molecular formula is C30H27Br2ClF3N9. The second kappa shape index (κ2) is 17.3. The van der Waals surface area contributed by atoms with Gasteiger partial charge in [0.25, 0.3) is 0 Å². The van der Waals surface area contributed by atoms with Crippen molar-refractivity contribution in [2.24, 2.45) is 0 Å². The van der Waals surface area contributed by atoms with Gasteiger partial charge in [0, 0.05) is 50.7 Å². The second-order valence-electron chi connectivity index (χ2n) is 9.21. The first-order chi connectivity index (χ1) is 21.7. The summed E-state index contributed by atoms with van der Waals surface area (Å²) in [5.74, 6) is -1.60. The normalized spacial score (nSPS) is 10.3. The Hall–Kier alpha value is -4.27. The monoisotopic (exact) mass is 763 g/mol. The quantitative estimate of drug-likeness (QED) is 0.0877. The fraction of sp³-hybridized carbons (Fsp3) is 0.100. The third-order valence-corrected chi connectivity index (χ3v) is 7.98. The van der Waals surface area contributed by atoms with Crippen LogP contribution >= 0.6 is 43.5 Å². The Balaban J connectivity index is 0.000000154. The molecule has 0 amide bonds. The topological polar surface area (TPSA) is 122 Å². The predicted octanol–water partition coefficient (Wildman–Crippen LogP) is 8.66. The van der Waals surface area contributed by atoms with Crippen LogP contribution in [-0.4, -0.2) is 29.9 Å². The minimum Gasteiger partial charge on any atom is -0.379 e. The first-order valence-electron chi connectivity index (χ1n) is 13.2. The Morgan fingerprint density at radius 2 is 1.04 bits per heavy atom. The molecule has 0 aliphatic heterocycles. The van der Waals surface area contributed by atoms with E-state index in [0.29, 0.717) is 18.8 Å². The highest BCUT2D eigenvalue weighted by Crippen LogP contribution is 2.26. The van der Waals surface area contributed by atoms with Gasteiger partial charge in [0.15, 0.2) is 0 Å². The number of hydrogen-bond acceptors (Lipinski definition) is 6. The minimum atomic E-state index is -0.595. The number of rotatable bonds is 9. The molecule has 0 aliphatic carbocycles. The molecule has 3 heterocycles. The molecule has 6 N–H and O–H groups in total. The Morgan fingerprint density at radius 3 is 1.49 bits per heavy atom. The van der Waals surface area contributed by atoms with Crippen molar-refractivity contribution in [3.8, 4) is 0 Å². The van der Waals surface area contributed by atoms with Crippen LogP contribution in [0, 0.1) is 17.5 Å². The molecule has 234 valence electrons. The van der Waals surface area contributed by atoms with Gasteiger partial charge in [-0.1, -0.05) is 11.6 Å². The van der Waals surface area contributed by atoms with Crippen molar-refractivity contribution >= 4 is 60.5 Å². The van der Waals surface area contributed by atoms with Crippen LogP contribution in [0.25, 0.3) is 0 Å². The number of anilines is 3. The first-order valence-corrected chi connectivity index (χ1v) is 15.2. The molecule has 15 heteroatoms. The van der Waals surface area contributed by atoms with Crippen molar-refractivity contribution in [1.82, 2.24) is 29.9 Å². The number of halogens is 6. The number of imidazole rings is 3. The molecule has 3 aromatic heterocycles. The average Bonchev–Trinajstić information content (AvgIpc) is 3.82. The van der Waals surface area contributed by atoms with Crippen LogP contribution in [0.2, 0.25) is 5.02 Å². The SMILES string of the molecule is Brc1ccc(NCc2cnc[nH]2)cc1Br.Fc1cc(F)cc(NCc2cnc[nH]2)c1.Fc1ccc(NCc2cnc[nH]2)cc1Cl. The van der Waals surface area contributed by atoms with Gasteiger partial charge in [-0.05, 0) is 80.4 Å². The fourth-order valence-electron chi connectivity index (χ4n) is 3.60. The van der Waals surface area contributed by atoms with E-state index in [-0.39, 0.29) is 5.02 Å². The summed E-state index contributed by atoms with van der Waals surface area (Å²) in [6.07, 6.45) is 9.99. The molecule has 0 aliphatic rings. The van der Waals surface area contributed by atoms with E-state index >= 15 is 0 Å². The van der Waals surface area contributed by atoms with Crippen LogP contribution in [0.1, 0.15) is 17.1 Å². The molecule has 0 fully saturated rings. The summed E-state index contributed by atoms with van der Waals surface area (Å²) < 4.78 is 40.5. The lowest BCUT2D eigenvalue weighted by atomic mass is 10.3. The van der Waals surface area contributed by atoms with Gasteiger partial charge in [0.2, 0.25) is 0 Å². The maximum atomic E-state index is 12.8. The molecule has 45 heavy (non-hydrogen) atoms. The molecule has 0 bridgehead atoms. The summed E-state index contributed by atoms with van der Waals surface area (Å²) in [5, 5.41) is 9.38. The van der Waals surface area contributed by atoms with Crippen molar-refractivity contribution in [1.29, 1.82) is 0 Å². The van der Waals surface area contributed by atoms with Crippen LogP contribution in [-0.2, 0) is 19.6 Å². The lowest BCUT2D eigenvalue weighted by Gasteiger charge is -2.05. The zero-order valence-corrected chi connectivity index (χ0v) is 27.3. The van der Waals surface area contributed by atoms with Crippen LogP contribution in [0.5, 0.6) is 0 Å². The van der Waals surface area contributed by atoms with Crippen LogP contribution in [0.4, 0.5) is 30.2 Å². The number of H-pyrrole nitrogens is 3. The molecule has 0 saturated heterocycles. The van der Waals surface area contributed by atoms with Crippen molar-refractivity contribution in [2.45, 2.75) is 19.6 Å². The number of nitrogens with one attached hydrogen (secondary N) is 6. The zero-order valence-electron chi connectivity index (χ0n) is 23.4. The fourth-order valence-corrected chi connectivity index (χ4v) is 4.41. The molecule has 0 atom stereocenters. The van der Waals surface area contributed by atoms with E-state index in [0.717, 1.165) is 50.0 Å². The maximum absolute atomic E-state index is 12.8. The van der Waals surface area contributed by atoms with Crippen molar-refractivity contribution in [3.63, 3.8) is 0 Å². The summed E-state index contributed by atoms with van der Waals surface area (Å²) in [4.78, 5) is 20.5. The highest BCUT2D eigenvalue weighted by molar-refractivity contribution is 9.13. The van der Waals surface area contributed by atoms with Gasteiger partial charge < -0.3 is 30.9 Å². The van der Waals surface area contributed by atoms with E-state index in [1.165, 1.54) is 18.2 Å². The summed E-state index contributed by atoms with van der Waals surface area (Å²) in [6.45, 7) is 1.79. The lowest BCUT2D eigenvalue weighted by Crippen LogP contribution is -2.00. The summed E-state index contributed by atoms with van der Waals surface area (Å²) in [5.41, 5.74) is 5.11. The van der Waals surface area contributed by atoms with E-state index in [4.69, 9.17) is 11.6 Å². The van der Waals surface area contributed by atoms with Gasteiger partial charge in [-0.2, -0.15) is 0 Å². The van der Waals surface area contributed by atoms with Gasteiger partial charge in [-0.3, -0.25) is 0 Å². The predicted molar refractivity (Wildman–Crippen MR) is 177 cm³/mol. The molecule has 0 radical (unpaired) electrons. The Labute approximate surface area is 278 Å². The summed E-state index contributed by atoms with van der Waals surface area (Å²) >= 11 is 12.5. The van der Waals surface area contributed by atoms with E-state index in [1.54, 1.807) is 49.7 Å². The van der Waals surface area contributed by atoms with Crippen LogP contribution in [0.15, 0.2) is 101 Å². The highest BCUT2D eigenvalue weighted by atomic mass is 79.9. The summed E-state index contributed by atoms with van der Waals surface area (Å²) in [7, 11) is 0. The lowest BCUT2D eigenvalue weighted by molar-refractivity contribution is 0.584.